The Hall–Kier alpha value is -5.53. The SMILES string of the molecule is CC(=O)O[C@@H]1C2=C(C)[C@@H](OC(=O)[C@H](O)[C@@H](NC(=O)c3ccccc3)c3ccccc3)C[C@@](O)([C@@H](OC(=O)c3ccccc3)[C@@H]3[C@]4(OC(C)=O)CO[C@@H]4C[C@H](OCC(O)CO)[C@@]3(C)[C@H]1O)C2(C)C. The van der Waals surface area contributed by atoms with E-state index in [0.717, 1.165) is 6.92 Å². The summed E-state index contributed by atoms with van der Waals surface area (Å²) in [6, 6.07) is 23.0. The third-order valence-electron chi connectivity index (χ3n) is 14.4. The molecular formula is C50H59NO16. The first-order chi connectivity index (χ1) is 31.7. The third-order valence-corrected chi connectivity index (χ3v) is 14.4. The van der Waals surface area contributed by atoms with Gasteiger partial charge in [0.1, 0.15) is 36.1 Å². The van der Waals surface area contributed by atoms with Crippen LogP contribution >= 0.6 is 0 Å². The lowest BCUT2D eigenvalue weighted by Crippen LogP contribution is -2.82. The minimum Gasteiger partial charge on any atom is -0.456 e. The van der Waals surface area contributed by atoms with Crippen molar-refractivity contribution in [2.75, 3.05) is 19.8 Å². The summed E-state index contributed by atoms with van der Waals surface area (Å²) in [6.07, 6.45) is -13.0. The molecule has 1 saturated heterocycles. The molecule has 2 bridgehead atoms. The topological polar surface area (TPSA) is 254 Å². The van der Waals surface area contributed by atoms with E-state index in [9.17, 15) is 49.5 Å². The van der Waals surface area contributed by atoms with Crippen LogP contribution in [0, 0.1) is 16.7 Å². The Morgan fingerprint density at radius 3 is 1.99 bits per heavy atom. The number of fused-ring (bicyclic) bond motifs is 5. The van der Waals surface area contributed by atoms with Gasteiger partial charge < -0.3 is 59.3 Å². The van der Waals surface area contributed by atoms with Crippen LogP contribution < -0.4 is 5.32 Å². The molecule has 6 N–H and O–H groups in total. The number of hydrogen-bond donors (Lipinski definition) is 6. The van der Waals surface area contributed by atoms with E-state index in [2.05, 4.69) is 5.32 Å². The molecular weight excluding hydrogens is 871 g/mol. The van der Waals surface area contributed by atoms with Crippen LogP contribution in [0.3, 0.4) is 0 Å². The molecule has 3 fully saturated rings. The van der Waals surface area contributed by atoms with E-state index >= 15 is 0 Å². The molecule has 67 heavy (non-hydrogen) atoms. The van der Waals surface area contributed by atoms with Gasteiger partial charge in [0.2, 0.25) is 0 Å². The number of benzene rings is 3. The Balaban J connectivity index is 1.41. The van der Waals surface area contributed by atoms with Gasteiger partial charge in [-0.2, -0.15) is 0 Å². The Morgan fingerprint density at radius 1 is 0.836 bits per heavy atom. The van der Waals surface area contributed by atoms with E-state index in [1.54, 1.807) is 107 Å². The van der Waals surface area contributed by atoms with Crippen LogP contribution in [0.1, 0.15) is 86.7 Å². The van der Waals surface area contributed by atoms with Gasteiger partial charge in [0.15, 0.2) is 17.8 Å². The summed E-state index contributed by atoms with van der Waals surface area (Å²) in [7, 11) is 0. The molecule has 4 aliphatic rings. The number of ether oxygens (including phenoxy) is 6. The average Bonchev–Trinajstić information content (AvgIpc) is 3.30. The van der Waals surface area contributed by atoms with E-state index in [1.165, 1.54) is 19.1 Å². The lowest BCUT2D eigenvalue weighted by atomic mass is 9.44. The van der Waals surface area contributed by atoms with Crippen molar-refractivity contribution in [1.82, 2.24) is 5.32 Å². The molecule has 3 aromatic rings. The number of nitrogens with one attached hydrogen (secondary N) is 1. The van der Waals surface area contributed by atoms with Crippen molar-refractivity contribution in [2.24, 2.45) is 16.7 Å². The predicted molar refractivity (Wildman–Crippen MR) is 236 cm³/mol. The van der Waals surface area contributed by atoms with Crippen LogP contribution in [-0.2, 0) is 42.8 Å². The summed E-state index contributed by atoms with van der Waals surface area (Å²) in [5, 5.41) is 62.0. The first-order valence-electron chi connectivity index (χ1n) is 22.3. The van der Waals surface area contributed by atoms with Gasteiger partial charge in [-0.25, -0.2) is 9.59 Å². The Kier molecular flexibility index (Phi) is 14.2. The molecule has 17 heteroatoms. The minimum atomic E-state index is -2.40. The third kappa shape index (κ3) is 8.89. The fourth-order valence-electron chi connectivity index (χ4n) is 10.9. The normalized spacial score (nSPS) is 32.0. The van der Waals surface area contributed by atoms with Crippen molar-refractivity contribution in [1.29, 1.82) is 0 Å². The quantitative estimate of drug-likeness (QED) is 0.0772. The second-order valence-corrected chi connectivity index (χ2v) is 18.7. The lowest BCUT2D eigenvalue weighted by molar-refractivity contribution is -0.369. The number of carbonyl (C=O) groups excluding carboxylic acids is 5. The monoisotopic (exact) mass is 929 g/mol. The van der Waals surface area contributed by atoms with Crippen molar-refractivity contribution < 1.29 is 77.9 Å². The van der Waals surface area contributed by atoms with Crippen molar-refractivity contribution >= 4 is 29.8 Å². The van der Waals surface area contributed by atoms with Crippen LogP contribution in [0.5, 0.6) is 0 Å². The van der Waals surface area contributed by atoms with E-state index in [0.29, 0.717) is 5.56 Å². The van der Waals surface area contributed by atoms with E-state index in [4.69, 9.17) is 28.4 Å². The molecule has 360 valence electrons. The Morgan fingerprint density at radius 2 is 1.43 bits per heavy atom. The first kappa shape index (κ1) is 49.4. The number of esters is 4. The number of aliphatic hydroxyl groups excluding tert-OH is 4. The van der Waals surface area contributed by atoms with Crippen LogP contribution in [0.25, 0.3) is 0 Å². The van der Waals surface area contributed by atoms with Crippen molar-refractivity contribution in [2.45, 2.75) is 120 Å². The summed E-state index contributed by atoms with van der Waals surface area (Å²) in [4.78, 5) is 69.0. The van der Waals surface area contributed by atoms with Gasteiger partial charge in [-0.1, -0.05) is 87.5 Å². The van der Waals surface area contributed by atoms with Crippen molar-refractivity contribution in [3.05, 3.63) is 119 Å². The van der Waals surface area contributed by atoms with Gasteiger partial charge in [0.05, 0.1) is 43.4 Å². The second-order valence-electron chi connectivity index (χ2n) is 18.7. The molecule has 1 aliphatic heterocycles. The maximum Gasteiger partial charge on any atom is 0.338 e. The summed E-state index contributed by atoms with van der Waals surface area (Å²) in [5.74, 6) is -5.85. The maximum atomic E-state index is 14.5. The standard InChI is InChI=1S/C50H59NO16/c1-27-34(65-46(60)39(56)38(30-16-10-7-11-17-30)51-44(58)31-18-12-8-13-19-31)23-50(61)43(66-45(59)32-20-14-9-15-21-32)41-48(6,42(57)40(64-28(2)53)37(27)47(50,4)5)35(62-25-33(55)24-52)22-36-49(41,26-63-36)67-29(3)54/h7-21,33-36,38-43,52,55-57,61H,22-26H2,1-6H3,(H,51,58)/t33?,34-,35-,36+,38-,39+,40+,41-,42-,43-,48+,49-,50+/m0/s1. The average molecular weight is 930 g/mol. The summed E-state index contributed by atoms with van der Waals surface area (Å²) in [5.41, 5.74) is -6.65. The Bertz CT molecular complexity index is 2340. The fraction of sp³-hybridized carbons (Fsp3) is 0.500. The fourth-order valence-corrected chi connectivity index (χ4v) is 10.9. The first-order valence-corrected chi connectivity index (χ1v) is 22.3. The number of rotatable bonds is 14. The van der Waals surface area contributed by atoms with Gasteiger partial charge in [0, 0.05) is 43.1 Å². The van der Waals surface area contributed by atoms with Gasteiger partial charge in [0.25, 0.3) is 5.91 Å². The maximum absolute atomic E-state index is 14.5. The van der Waals surface area contributed by atoms with Gasteiger partial charge in [-0.3, -0.25) is 14.4 Å². The second kappa shape index (κ2) is 19.2. The summed E-state index contributed by atoms with van der Waals surface area (Å²) >= 11 is 0. The lowest BCUT2D eigenvalue weighted by Gasteiger charge is -2.69. The molecule has 13 atom stereocenters. The van der Waals surface area contributed by atoms with Crippen molar-refractivity contribution in [3.63, 3.8) is 0 Å². The van der Waals surface area contributed by atoms with E-state index < -0.39 is 132 Å². The number of amides is 1. The Labute approximate surface area is 388 Å². The molecule has 1 amide bonds. The number of aliphatic hydroxyl groups is 5. The number of carbonyl (C=O) groups is 5. The van der Waals surface area contributed by atoms with Crippen LogP contribution in [0.15, 0.2) is 102 Å². The van der Waals surface area contributed by atoms with Crippen LogP contribution in [-0.4, -0.2) is 135 Å². The summed E-state index contributed by atoms with van der Waals surface area (Å²) < 4.78 is 37.4. The van der Waals surface area contributed by atoms with Gasteiger partial charge in [-0.05, 0) is 47.9 Å². The van der Waals surface area contributed by atoms with Gasteiger partial charge >= 0.3 is 23.9 Å². The largest absolute Gasteiger partial charge is 0.456 e. The highest BCUT2D eigenvalue weighted by atomic mass is 16.6. The van der Waals surface area contributed by atoms with Crippen LogP contribution in [0.4, 0.5) is 0 Å². The zero-order valence-corrected chi connectivity index (χ0v) is 38.2. The van der Waals surface area contributed by atoms with E-state index in [1.807, 2.05) is 0 Å². The minimum absolute atomic E-state index is 0.0713. The molecule has 1 unspecified atom stereocenters. The molecule has 0 aromatic heterocycles. The highest BCUT2D eigenvalue weighted by Gasteiger charge is 2.78. The van der Waals surface area contributed by atoms with E-state index in [-0.39, 0.29) is 35.3 Å². The molecule has 17 nitrogen and oxygen atoms in total. The molecule has 0 spiro atoms. The van der Waals surface area contributed by atoms with Crippen molar-refractivity contribution in [3.8, 4) is 0 Å². The highest BCUT2D eigenvalue weighted by Crippen LogP contribution is 2.66. The predicted octanol–water partition coefficient (Wildman–Crippen LogP) is 2.91. The smallest absolute Gasteiger partial charge is 0.338 e. The highest BCUT2D eigenvalue weighted by molar-refractivity contribution is 5.95. The van der Waals surface area contributed by atoms with Gasteiger partial charge in [-0.15, -0.1) is 0 Å². The molecule has 3 aromatic carbocycles. The zero-order valence-electron chi connectivity index (χ0n) is 38.2. The van der Waals surface area contributed by atoms with Crippen LogP contribution in [0.2, 0.25) is 0 Å². The molecule has 1 heterocycles. The molecule has 2 saturated carbocycles. The molecule has 0 radical (unpaired) electrons. The molecule has 3 aliphatic carbocycles. The molecule has 7 rings (SSSR count). The summed E-state index contributed by atoms with van der Waals surface area (Å²) in [6.45, 7) is 7.18. The zero-order chi connectivity index (χ0) is 48.6. The number of hydrogen-bond acceptors (Lipinski definition) is 16.